The predicted molar refractivity (Wildman–Crippen MR) is 145 cm³/mol. The molecule has 0 heterocycles. The Morgan fingerprint density at radius 3 is 2.44 bits per heavy atom. The van der Waals surface area contributed by atoms with Crippen molar-refractivity contribution in [3.63, 3.8) is 0 Å². The quantitative estimate of drug-likeness (QED) is 0.336. The lowest BCUT2D eigenvalue weighted by Gasteiger charge is -2.61. The van der Waals surface area contributed by atoms with Crippen molar-refractivity contribution in [3.8, 4) is 0 Å². The zero-order chi connectivity index (χ0) is 26.0. The Morgan fingerprint density at radius 2 is 1.81 bits per heavy atom. The summed E-state index contributed by atoms with van der Waals surface area (Å²) in [6.45, 7) is 15.2. The number of thioether (sulfide) groups is 1. The molecule has 5 saturated carbocycles. The number of aliphatic hydroxyl groups is 1. The topological polar surface area (TPSA) is 63.6 Å². The molecule has 0 aromatic carbocycles. The number of carbonyl (C=O) groups is 2. The van der Waals surface area contributed by atoms with Gasteiger partial charge in [-0.1, -0.05) is 40.7 Å². The maximum atomic E-state index is 13.5. The Kier molecular flexibility index (Phi) is 7.02. The van der Waals surface area contributed by atoms with Gasteiger partial charge in [0.1, 0.15) is 11.9 Å². The molecule has 0 saturated heterocycles. The monoisotopic (exact) mass is 516 g/mol. The van der Waals surface area contributed by atoms with Gasteiger partial charge in [0.25, 0.3) is 0 Å². The Hall–Kier alpha value is -0.810. The Morgan fingerprint density at radius 1 is 1.14 bits per heavy atom. The lowest BCUT2D eigenvalue weighted by molar-refractivity contribution is -0.205. The molecule has 4 bridgehead atoms. The van der Waals surface area contributed by atoms with E-state index in [4.69, 9.17) is 4.74 Å². The minimum absolute atomic E-state index is 0.0000417. The van der Waals surface area contributed by atoms with Crippen LogP contribution in [0.5, 0.6) is 0 Å². The van der Waals surface area contributed by atoms with Crippen LogP contribution in [0.25, 0.3) is 0 Å². The molecule has 0 aromatic rings. The third-order valence-corrected chi connectivity index (χ3v) is 13.8. The van der Waals surface area contributed by atoms with Gasteiger partial charge in [0.05, 0.1) is 11.9 Å². The lowest BCUT2D eigenvalue weighted by atomic mass is 9.44. The first kappa shape index (κ1) is 26.8. The van der Waals surface area contributed by atoms with E-state index in [9.17, 15) is 14.7 Å². The third kappa shape index (κ3) is 3.96. The number of aliphatic hydroxyl groups excluding tert-OH is 1. The SMILES string of the molecule is C=C[C@]1(C)C[C@@H](OC(=O)CSC2C[C@H]3CC[C@@H](C2)C3C)[C@]2(C)[C@H](C)CC[C@]3(CCC(=O)[C@H]32)[C@@H](C)[C@@H]1O. The zero-order valence-electron chi connectivity index (χ0n) is 23.1. The number of ketones is 1. The second kappa shape index (κ2) is 9.43. The van der Waals surface area contributed by atoms with E-state index in [1.165, 1.54) is 25.7 Å². The van der Waals surface area contributed by atoms with Gasteiger partial charge in [-0.25, -0.2) is 0 Å². The van der Waals surface area contributed by atoms with Crippen molar-refractivity contribution >= 4 is 23.5 Å². The number of hydrogen-bond donors (Lipinski definition) is 1. The summed E-state index contributed by atoms with van der Waals surface area (Å²) >= 11 is 1.79. The fraction of sp³-hybridized carbons (Fsp3) is 0.871. The first-order chi connectivity index (χ1) is 17.0. The van der Waals surface area contributed by atoms with Gasteiger partial charge < -0.3 is 9.84 Å². The normalized spacial score (nSPS) is 52.3. The third-order valence-electron chi connectivity index (χ3n) is 12.5. The van der Waals surface area contributed by atoms with Crippen LogP contribution in [0.1, 0.15) is 92.4 Å². The molecule has 5 aliphatic rings. The van der Waals surface area contributed by atoms with E-state index in [0.29, 0.717) is 29.6 Å². The number of carbonyl (C=O) groups excluding carboxylic acids is 2. The summed E-state index contributed by atoms with van der Waals surface area (Å²) in [4.78, 5) is 26.9. The summed E-state index contributed by atoms with van der Waals surface area (Å²) in [6, 6.07) is 0. The summed E-state index contributed by atoms with van der Waals surface area (Å²) in [5.41, 5.74) is -1.22. The second-order valence-corrected chi connectivity index (χ2v) is 15.2. The predicted octanol–water partition coefficient (Wildman–Crippen LogP) is 6.45. The number of ether oxygens (including phenoxy) is 1. The molecule has 0 aliphatic heterocycles. The van der Waals surface area contributed by atoms with E-state index in [1.54, 1.807) is 11.8 Å². The van der Waals surface area contributed by atoms with Gasteiger partial charge in [-0.3, -0.25) is 9.59 Å². The Bertz CT molecular complexity index is 889. The highest BCUT2D eigenvalue weighted by Gasteiger charge is 2.68. The van der Waals surface area contributed by atoms with E-state index in [0.717, 1.165) is 37.0 Å². The average Bonchev–Trinajstić information content (AvgIpc) is 3.28. The van der Waals surface area contributed by atoms with Crippen LogP contribution >= 0.6 is 11.8 Å². The molecule has 5 aliphatic carbocycles. The molecule has 5 heteroatoms. The van der Waals surface area contributed by atoms with E-state index >= 15 is 0 Å². The molecule has 0 amide bonds. The molecule has 0 spiro atoms. The van der Waals surface area contributed by atoms with Crippen LogP contribution < -0.4 is 0 Å². The smallest absolute Gasteiger partial charge is 0.316 e. The van der Waals surface area contributed by atoms with E-state index < -0.39 is 23.0 Å². The van der Waals surface area contributed by atoms with Crippen LogP contribution in [0.4, 0.5) is 0 Å². The fourth-order valence-electron chi connectivity index (χ4n) is 9.79. The molecule has 0 radical (unpaired) electrons. The minimum atomic E-state index is -0.614. The first-order valence-corrected chi connectivity index (χ1v) is 15.7. The van der Waals surface area contributed by atoms with Crippen molar-refractivity contribution in [1.29, 1.82) is 0 Å². The van der Waals surface area contributed by atoms with Gasteiger partial charge >= 0.3 is 5.97 Å². The van der Waals surface area contributed by atoms with Crippen molar-refractivity contribution in [3.05, 3.63) is 12.7 Å². The van der Waals surface area contributed by atoms with Crippen LogP contribution in [0, 0.1) is 51.8 Å². The van der Waals surface area contributed by atoms with Crippen LogP contribution in [-0.4, -0.2) is 40.1 Å². The molecular formula is C31H48O4S. The van der Waals surface area contributed by atoms with Crippen LogP contribution in [0.2, 0.25) is 0 Å². The number of rotatable bonds is 5. The van der Waals surface area contributed by atoms with Crippen LogP contribution in [0.3, 0.4) is 0 Å². The molecule has 2 unspecified atom stereocenters. The minimum Gasteiger partial charge on any atom is -0.461 e. The van der Waals surface area contributed by atoms with Crippen LogP contribution in [0.15, 0.2) is 12.7 Å². The molecule has 36 heavy (non-hydrogen) atoms. The number of fused-ring (bicyclic) bond motifs is 2. The number of Topliss-reactive ketones (excluding diaryl/α,β-unsaturated/α-hetero) is 1. The maximum Gasteiger partial charge on any atom is 0.316 e. The highest BCUT2D eigenvalue weighted by atomic mass is 32.2. The molecule has 12 atom stereocenters. The van der Waals surface area contributed by atoms with Crippen molar-refractivity contribution in [2.75, 3.05) is 5.75 Å². The summed E-state index contributed by atoms with van der Waals surface area (Å²) in [7, 11) is 0. The highest BCUT2D eigenvalue weighted by Crippen LogP contribution is 2.68. The molecule has 202 valence electrons. The lowest BCUT2D eigenvalue weighted by Crippen LogP contribution is -2.63. The summed E-state index contributed by atoms with van der Waals surface area (Å²) in [6.07, 6.45) is 9.92. The Labute approximate surface area is 222 Å². The van der Waals surface area contributed by atoms with Gasteiger partial charge in [0.15, 0.2) is 0 Å². The fourth-order valence-corrected chi connectivity index (χ4v) is 11.0. The average molecular weight is 517 g/mol. The Balaban J connectivity index is 1.39. The molecular weight excluding hydrogens is 468 g/mol. The van der Waals surface area contributed by atoms with Crippen molar-refractivity contribution in [2.45, 2.75) is 110 Å². The van der Waals surface area contributed by atoms with Crippen molar-refractivity contribution in [1.82, 2.24) is 0 Å². The number of hydrogen-bond acceptors (Lipinski definition) is 5. The zero-order valence-corrected chi connectivity index (χ0v) is 23.9. The molecule has 4 nitrogen and oxygen atoms in total. The van der Waals surface area contributed by atoms with E-state index in [1.807, 2.05) is 6.08 Å². The van der Waals surface area contributed by atoms with E-state index in [2.05, 4.69) is 41.2 Å². The van der Waals surface area contributed by atoms with Crippen molar-refractivity contribution < 1.29 is 19.4 Å². The van der Waals surface area contributed by atoms with Gasteiger partial charge in [0.2, 0.25) is 0 Å². The van der Waals surface area contributed by atoms with Gasteiger partial charge in [-0.2, -0.15) is 0 Å². The van der Waals surface area contributed by atoms with Gasteiger partial charge in [0, 0.05) is 28.4 Å². The maximum absolute atomic E-state index is 13.5. The van der Waals surface area contributed by atoms with Crippen LogP contribution in [-0.2, 0) is 14.3 Å². The largest absolute Gasteiger partial charge is 0.461 e. The molecule has 0 aromatic heterocycles. The van der Waals surface area contributed by atoms with Gasteiger partial charge in [-0.15, -0.1) is 18.3 Å². The summed E-state index contributed by atoms with van der Waals surface area (Å²) < 4.78 is 6.43. The summed E-state index contributed by atoms with van der Waals surface area (Å²) in [5.74, 6) is 3.14. The summed E-state index contributed by atoms with van der Waals surface area (Å²) in [5, 5.41) is 12.2. The molecule has 5 rings (SSSR count). The second-order valence-electron chi connectivity index (χ2n) is 13.9. The standard InChI is InChI=1S/C31H48O4S/c1-7-29(5)16-25(35-26(33)17-36-23-14-21-8-9-22(15-23)19(21)3)30(6)18(2)10-12-31(20(4)28(29)34)13-11-24(32)27(30)31/h7,18-23,25,27-28,34H,1,8-17H2,2-6H3/t18-,19?,20+,21-,22+,23?,25-,27+,28+,29-,30+,31+/m1/s1. The molecule has 1 N–H and O–H groups in total. The highest BCUT2D eigenvalue weighted by molar-refractivity contribution is 8.00. The number of esters is 1. The first-order valence-electron chi connectivity index (χ1n) is 14.6. The van der Waals surface area contributed by atoms with E-state index in [-0.39, 0.29) is 29.1 Å². The molecule has 5 fully saturated rings. The van der Waals surface area contributed by atoms with Gasteiger partial charge in [-0.05, 0) is 86.4 Å². The van der Waals surface area contributed by atoms with Crippen molar-refractivity contribution in [2.24, 2.45) is 51.8 Å².